The second-order valence-electron chi connectivity index (χ2n) is 7.57. The predicted molar refractivity (Wildman–Crippen MR) is 83.4 cm³/mol. The Hall–Kier alpha value is -0.683. The average Bonchev–Trinajstić information content (AvgIpc) is 2.24. The fourth-order valence-corrected chi connectivity index (χ4v) is 3.02. The number of rotatable bonds is 7. The van der Waals surface area contributed by atoms with E-state index in [2.05, 4.69) is 20.8 Å². The van der Waals surface area contributed by atoms with Gasteiger partial charge in [-0.15, -0.1) is 0 Å². The van der Waals surface area contributed by atoms with Gasteiger partial charge in [0.1, 0.15) is 11.9 Å². The van der Waals surface area contributed by atoms with Gasteiger partial charge in [-0.25, -0.2) is 4.79 Å². The van der Waals surface area contributed by atoms with E-state index in [4.69, 9.17) is 4.43 Å². The van der Waals surface area contributed by atoms with Crippen LogP contribution in [-0.4, -0.2) is 31.3 Å². The van der Waals surface area contributed by atoms with E-state index in [0.29, 0.717) is 6.42 Å². The number of carbonyl (C=O) groups is 2. The summed E-state index contributed by atoms with van der Waals surface area (Å²) in [5, 5.41) is 9.35. The zero-order valence-electron chi connectivity index (χ0n) is 14.2. The van der Waals surface area contributed by atoms with E-state index in [1.54, 1.807) is 20.8 Å². The lowest BCUT2D eigenvalue weighted by Crippen LogP contribution is -2.47. The number of carboxylic acids is 1. The molecule has 0 aliphatic carbocycles. The Morgan fingerprint density at radius 1 is 1.15 bits per heavy atom. The van der Waals surface area contributed by atoms with E-state index < -0.39 is 25.8 Å². The fourth-order valence-electron chi connectivity index (χ4n) is 1.77. The van der Waals surface area contributed by atoms with Gasteiger partial charge in [0.05, 0.1) is 0 Å². The van der Waals surface area contributed by atoms with Gasteiger partial charge in [-0.1, -0.05) is 41.5 Å². The zero-order valence-corrected chi connectivity index (χ0v) is 15.2. The van der Waals surface area contributed by atoms with Crippen LogP contribution in [0.2, 0.25) is 18.1 Å². The molecule has 0 aliphatic rings. The first-order chi connectivity index (χ1) is 8.74. The first-order valence-electron chi connectivity index (χ1n) is 7.18. The van der Waals surface area contributed by atoms with Crippen molar-refractivity contribution >= 4 is 20.1 Å². The largest absolute Gasteiger partial charge is 0.479 e. The molecule has 0 radical (unpaired) electrons. The van der Waals surface area contributed by atoms with Gasteiger partial charge < -0.3 is 9.53 Å². The van der Waals surface area contributed by atoms with E-state index in [0.717, 1.165) is 0 Å². The molecular weight excluding hydrogens is 272 g/mol. The molecule has 0 amide bonds. The average molecular weight is 302 g/mol. The molecule has 1 N–H and O–H groups in total. The summed E-state index contributed by atoms with van der Waals surface area (Å²) in [5.41, 5.74) is -0.666. The van der Waals surface area contributed by atoms with Crippen LogP contribution in [0.1, 0.15) is 54.4 Å². The van der Waals surface area contributed by atoms with Gasteiger partial charge in [-0.2, -0.15) is 0 Å². The summed E-state index contributed by atoms with van der Waals surface area (Å²) in [6.45, 7) is 15.7. The van der Waals surface area contributed by atoms with Crippen LogP contribution >= 0.6 is 0 Å². The van der Waals surface area contributed by atoms with E-state index >= 15 is 0 Å². The Bertz CT molecular complexity index is 367. The Balaban J connectivity index is 5.12. The first kappa shape index (κ1) is 19.3. The van der Waals surface area contributed by atoms with E-state index in [-0.39, 0.29) is 17.2 Å². The van der Waals surface area contributed by atoms with Gasteiger partial charge in [0.25, 0.3) is 0 Å². The number of ketones is 1. The lowest BCUT2D eigenvalue weighted by Gasteiger charge is -2.39. The molecule has 0 aliphatic heterocycles. The summed E-state index contributed by atoms with van der Waals surface area (Å²) in [6.07, 6.45) is -0.276. The van der Waals surface area contributed by atoms with Crippen LogP contribution in [0.25, 0.3) is 0 Å². The van der Waals surface area contributed by atoms with Crippen molar-refractivity contribution in [1.82, 2.24) is 0 Å². The van der Waals surface area contributed by atoms with Crippen molar-refractivity contribution in [1.29, 1.82) is 0 Å². The minimum Gasteiger partial charge on any atom is -0.479 e. The number of aliphatic carboxylic acids is 1. The second kappa shape index (κ2) is 6.39. The standard InChI is InChI=1S/C15H30O4Si/c1-9-12(16)15(5,6)10-11(13(17)18)19-20(7,8)14(2,3)4/h11H,9-10H2,1-8H3,(H,17,18)/t11-/m0/s1. The monoisotopic (exact) mass is 302 g/mol. The minimum atomic E-state index is -2.17. The molecule has 0 aromatic rings. The van der Waals surface area contributed by atoms with Crippen LogP contribution < -0.4 is 0 Å². The molecule has 118 valence electrons. The van der Waals surface area contributed by atoms with Crippen LogP contribution in [0.5, 0.6) is 0 Å². The maximum atomic E-state index is 11.9. The summed E-state index contributed by atoms with van der Waals surface area (Å²) >= 11 is 0. The minimum absolute atomic E-state index is 0.0559. The predicted octanol–water partition coefficient (Wildman–Crippen LogP) is 3.86. The fraction of sp³-hybridized carbons (Fsp3) is 0.867. The normalized spacial score (nSPS) is 15.0. The summed E-state index contributed by atoms with van der Waals surface area (Å²) in [7, 11) is -2.17. The Kier molecular flexibility index (Phi) is 6.17. The van der Waals surface area contributed by atoms with Crippen LogP contribution in [-0.2, 0) is 14.0 Å². The van der Waals surface area contributed by atoms with Crippen molar-refractivity contribution in [3.8, 4) is 0 Å². The zero-order chi connectivity index (χ0) is 16.4. The van der Waals surface area contributed by atoms with Gasteiger partial charge in [-0.05, 0) is 24.6 Å². The number of Topliss-reactive ketones (excluding diaryl/α,β-unsaturated/α-hetero) is 1. The van der Waals surface area contributed by atoms with E-state index in [1.807, 2.05) is 13.1 Å². The quantitative estimate of drug-likeness (QED) is 0.725. The molecule has 20 heavy (non-hydrogen) atoms. The van der Waals surface area contributed by atoms with Crippen LogP contribution in [0.15, 0.2) is 0 Å². The number of hydrogen-bond donors (Lipinski definition) is 1. The highest BCUT2D eigenvalue weighted by Gasteiger charge is 2.43. The first-order valence-corrected chi connectivity index (χ1v) is 10.1. The molecule has 5 heteroatoms. The van der Waals surface area contributed by atoms with Gasteiger partial charge in [0, 0.05) is 11.8 Å². The number of carbonyl (C=O) groups excluding carboxylic acids is 1. The van der Waals surface area contributed by atoms with Crippen molar-refractivity contribution in [2.24, 2.45) is 5.41 Å². The highest BCUT2D eigenvalue weighted by atomic mass is 28.4. The molecule has 1 atom stereocenters. The van der Waals surface area contributed by atoms with Crippen LogP contribution in [0, 0.1) is 5.41 Å². The molecule has 0 unspecified atom stereocenters. The summed E-state index contributed by atoms with van der Waals surface area (Å²) in [6, 6.07) is 0. The summed E-state index contributed by atoms with van der Waals surface area (Å²) in [4.78, 5) is 23.4. The smallest absolute Gasteiger partial charge is 0.331 e. The molecular formula is C15H30O4Si. The molecule has 0 fully saturated rings. The molecule has 0 rings (SSSR count). The maximum absolute atomic E-state index is 11.9. The molecule has 0 aromatic heterocycles. The van der Waals surface area contributed by atoms with Crippen LogP contribution in [0.3, 0.4) is 0 Å². The van der Waals surface area contributed by atoms with E-state index in [1.165, 1.54) is 0 Å². The van der Waals surface area contributed by atoms with Crippen molar-refractivity contribution in [2.75, 3.05) is 0 Å². The molecule has 0 bridgehead atoms. The Morgan fingerprint density at radius 2 is 1.60 bits per heavy atom. The van der Waals surface area contributed by atoms with Gasteiger partial charge in [-0.3, -0.25) is 4.79 Å². The SMILES string of the molecule is CCC(=O)C(C)(C)C[C@H](O[Si](C)(C)C(C)(C)C)C(=O)O. The van der Waals surface area contributed by atoms with Gasteiger partial charge >= 0.3 is 5.97 Å². The third-order valence-electron chi connectivity index (χ3n) is 4.29. The highest BCUT2D eigenvalue weighted by Crippen LogP contribution is 2.39. The molecule has 0 aromatic carbocycles. The molecule has 0 spiro atoms. The summed E-state index contributed by atoms with van der Waals surface area (Å²) < 4.78 is 5.98. The Labute approximate surface area is 124 Å². The van der Waals surface area contributed by atoms with E-state index in [9.17, 15) is 14.7 Å². The van der Waals surface area contributed by atoms with Crippen LogP contribution in [0.4, 0.5) is 0 Å². The number of carboxylic acid groups (broad SMARTS) is 1. The topological polar surface area (TPSA) is 63.6 Å². The third kappa shape index (κ3) is 5.02. The lowest BCUT2D eigenvalue weighted by atomic mass is 9.81. The molecule has 0 saturated heterocycles. The van der Waals surface area contributed by atoms with Crippen molar-refractivity contribution < 1.29 is 19.1 Å². The number of hydrogen-bond acceptors (Lipinski definition) is 3. The van der Waals surface area contributed by atoms with Gasteiger partial charge in [0.2, 0.25) is 0 Å². The maximum Gasteiger partial charge on any atom is 0.331 e. The molecule has 4 nitrogen and oxygen atoms in total. The van der Waals surface area contributed by atoms with Gasteiger partial charge in [0.15, 0.2) is 8.32 Å². The Morgan fingerprint density at radius 3 is 1.90 bits per heavy atom. The highest BCUT2D eigenvalue weighted by molar-refractivity contribution is 6.74. The molecule has 0 saturated carbocycles. The lowest BCUT2D eigenvalue weighted by molar-refractivity contribution is -0.148. The second-order valence-corrected chi connectivity index (χ2v) is 12.3. The molecule has 0 heterocycles. The van der Waals surface area contributed by atoms with Crippen molar-refractivity contribution in [3.63, 3.8) is 0 Å². The summed E-state index contributed by atoms with van der Waals surface area (Å²) in [5.74, 6) is -0.908. The van der Waals surface area contributed by atoms with Crippen molar-refractivity contribution in [3.05, 3.63) is 0 Å². The third-order valence-corrected chi connectivity index (χ3v) is 8.78. The van der Waals surface area contributed by atoms with Crippen molar-refractivity contribution in [2.45, 2.75) is 78.6 Å².